The third kappa shape index (κ3) is 4.13. The highest BCUT2D eigenvalue weighted by Gasteiger charge is 2.46. The first-order valence-corrected chi connectivity index (χ1v) is 9.49. The molecule has 142 valence electrons. The lowest BCUT2D eigenvalue weighted by Crippen LogP contribution is -2.47. The molecule has 2 aliphatic rings. The molecule has 0 bridgehead atoms. The van der Waals surface area contributed by atoms with Crippen molar-refractivity contribution in [2.75, 3.05) is 13.1 Å². The van der Waals surface area contributed by atoms with Crippen LogP contribution in [0.5, 0.6) is 0 Å². The average molecular weight is 381 g/mol. The van der Waals surface area contributed by atoms with Crippen LogP contribution in [0.3, 0.4) is 0 Å². The molecule has 26 heavy (non-hydrogen) atoms. The molecule has 1 aliphatic heterocycles. The van der Waals surface area contributed by atoms with E-state index in [-0.39, 0.29) is 5.91 Å². The standard InChI is InChI=1S/C19H25ClN2O4/c20-14-6-4-5-13(11-14)16(19(25)8-2-1-3-9-19)17(23)22-10-7-15(12-22)26-18(21)24/h4-6,11,15-16,25H,1-3,7-10,12H2,(H2,21,24). The summed E-state index contributed by atoms with van der Waals surface area (Å²) >= 11 is 6.14. The second-order valence-electron chi connectivity index (χ2n) is 7.28. The van der Waals surface area contributed by atoms with Gasteiger partial charge in [0, 0.05) is 18.0 Å². The maximum absolute atomic E-state index is 13.3. The van der Waals surface area contributed by atoms with E-state index < -0.39 is 23.7 Å². The van der Waals surface area contributed by atoms with Gasteiger partial charge in [-0.25, -0.2) is 4.79 Å². The van der Waals surface area contributed by atoms with Crippen molar-refractivity contribution >= 4 is 23.6 Å². The van der Waals surface area contributed by atoms with Crippen LogP contribution in [-0.4, -0.2) is 46.8 Å². The van der Waals surface area contributed by atoms with Crippen molar-refractivity contribution in [3.05, 3.63) is 34.9 Å². The van der Waals surface area contributed by atoms with Crippen LogP contribution < -0.4 is 5.73 Å². The normalized spacial score (nSPS) is 23.5. The maximum atomic E-state index is 13.3. The van der Waals surface area contributed by atoms with Gasteiger partial charge in [0.1, 0.15) is 6.10 Å². The van der Waals surface area contributed by atoms with Crippen molar-refractivity contribution in [2.24, 2.45) is 5.73 Å². The summed E-state index contributed by atoms with van der Waals surface area (Å²) in [6, 6.07) is 7.15. The van der Waals surface area contributed by atoms with Crippen molar-refractivity contribution in [3.63, 3.8) is 0 Å². The quantitative estimate of drug-likeness (QED) is 0.839. The Bertz CT molecular complexity index is 675. The van der Waals surface area contributed by atoms with Crippen molar-refractivity contribution in [3.8, 4) is 0 Å². The molecule has 6 nitrogen and oxygen atoms in total. The molecule has 2 unspecified atom stereocenters. The number of aliphatic hydroxyl groups is 1. The molecule has 0 aromatic heterocycles. The molecule has 0 spiro atoms. The van der Waals surface area contributed by atoms with Crippen molar-refractivity contribution in [1.82, 2.24) is 4.90 Å². The second-order valence-corrected chi connectivity index (χ2v) is 7.72. The molecule has 1 aliphatic carbocycles. The molecule has 2 amide bonds. The zero-order valence-corrected chi connectivity index (χ0v) is 15.5. The Morgan fingerprint density at radius 3 is 2.69 bits per heavy atom. The van der Waals surface area contributed by atoms with Crippen LogP contribution in [0.15, 0.2) is 24.3 Å². The zero-order chi connectivity index (χ0) is 18.7. The van der Waals surface area contributed by atoms with Gasteiger partial charge in [-0.1, -0.05) is 43.0 Å². The van der Waals surface area contributed by atoms with Gasteiger partial charge in [0.2, 0.25) is 5.91 Å². The van der Waals surface area contributed by atoms with Gasteiger partial charge < -0.3 is 20.5 Å². The molecule has 0 radical (unpaired) electrons. The Balaban J connectivity index is 1.86. The van der Waals surface area contributed by atoms with E-state index in [4.69, 9.17) is 22.1 Å². The van der Waals surface area contributed by atoms with Crippen molar-refractivity contribution < 1.29 is 19.4 Å². The number of hydrogen-bond donors (Lipinski definition) is 2. The molecular formula is C19H25ClN2O4. The van der Waals surface area contributed by atoms with Crippen LogP contribution >= 0.6 is 11.6 Å². The first-order chi connectivity index (χ1) is 12.4. The van der Waals surface area contributed by atoms with Gasteiger partial charge in [-0.3, -0.25) is 4.79 Å². The van der Waals surface area contributed by atoms with Gasteiger partial charge in [-0.05, 0) is 30.5 Å². The molecule has 3 N–H and O–H groups in total. The van der Waals surface area contributed by atoms with E-state index in [1.807, 2.05) is 6.07 Å². The van der Waals surface area contributed by atoms with Crippen LogP contribution in [0.1, 0.15) is 50.0 Å². The van der Waals surface area contributed by atoms with E-state index in [9.17, 15) is 14.7 Å². The fourth-order valence-electron chi connectivity index (χ4n) is 4.19. The van der Waals surface area contributed by atoms with Crippen LogP contribution in [-0.2, 0) is 9.53 Å². The highest BCUT2D eigenvalue weighted by atomic mass is 35.5. The number of hydrogen-bond acceptors (Lipinski definition) is 4. The topological polar surface area (TPSA) is 92.9 Å². The largest absolute Gasteiger partial charge is 0.444 e. The van der Waals surface area contributed by atoms with Gasteiger partial charge in [-0.15, -0.1) is 0 Å². The molecule has 2 atom stereocenters. The fraction of sp³-hybridized carbons (Fsp3) is 0.579. The van der Waals surface area contributed by atoms with E-state index >= 15 is 0 Å². The van der Waals surface area contributed by atoms with Gasteiger partial charge in [0.05, 0.1) is 18.1 Å². The predicted octanol–water partition coefficient (Wildman–Crippen LogP) is 2.82. The summed E-state index contributed by atoms with van der Waals surface area (Å²) in [5.74, 6) is -0.818. The molecule has 2 fully saturated rings. The van der Waals surface area contributed by atoms with Gasteiger partial charge >= 0.3 is 6.09 Å². The third-order valence-electron chi connectivity index (χ3n) is 5.43. The summed E-state index contributed by atoms with van der Waals surface area (Å²) in [5.41, 5.74) is 4.73. The Morgan fingerprint density at radius 1 is 1.31 bits per heavy atom. The predicted molar refractivity (Wildman–Crippen MR) is 97.9 cm³/mol. The number of nitrogens with two attached hydrogens (primary N) is 1. The highest BCUT2D eigenvalue weighted by molar-refractivity contribution is 6.30. The van der Waals surface area contributed by atoms with E-state index in [0.717, 1.165) is 24.8 Å². The smallest absolute Gasteiger partial charge is 0.404 e. The molecule has 1 saturated heterocycles. The van der Waals surface area contributed by atoms with Crippen LogP contribution in [0, 0.1) is 0 Å². The lowest BCUT2D eigenvalue weighted by atomic mass is 9.72. The van der Waals surface area contributed by atoms with E-state index in [1.165, 1.54) is 0 Å². The molecule has 1 aromatic carbocycles. The summed E-state index contributed by atoms with van der Waals surface area (Å²) in [6.07, 6.45) is 3.37. The second kappa shape index (κ2) is 7.84. The number of amides is 2. The molecule has 1 saturated carbocycles. The minimum absolute atomic E-state index is 0.146. The van der Waals surface area contributed by atoms with Crippen LogP contribution in [0.25, 0.3) is 0 Å². The van der Waals surface area contributed by atoms with Crippen LogP contribution in [0.4, 0.5) is 4.79 Å². The SMILES string of the molecule is NC(=O)OC1CCN(C(=O)C(c2cccc(Cl)c2)C2(O)CCCCC2)C1. The number of carbonyl (C=O) groups is 2. The molecule has 7 heteroatoms. The number of halogens is 1. The molecular weight excluding hydrogens is 356 g/mol. The summed E-state index contributed by atoms with van der Waals surface area (Å²) < 4.78 is 5.03. The molecule has 1 aromatic rings. The number of ether oxygens (including phenoxy) is 1. The summed E-state index contributed by atoms with van der Waals surface area (Å²) in [5, 5.41) is 11.9. The number of carbonyl (C=O) groups excluding carboxylic acids is 2. The zero-order valence-electron chi connectivity index (χ0n) is 14.7. The average Bonchev–Trinajstić information content (AvgIpc) is 3.03. The number of likely N-dealkylation sites (tertiary alicyclic amines) is 1. The Hall–Kier alpha value is -1.79. The highest BCUT2D eigenvalue weighted by Crippen LogP contribution is 2.42. The van der Waals surface area contributed by atoms with Gasteiger partial charge in [0.15, 0.2) is 0 Å². The van der Waals surface area contributed by atoms with E-state index in [2.05, 4.69) is 0 Å². The maximum Gasteiger partial charge on any atom is 0.404 e. The van der Waals surface area contributed by atoms with E-state index in [0.29, 0.717) is 37.4 Å². The summed E-state index contributed by atoms with van der Waals surface area (Å²) in [7, 11) is 0. The van der Waals surface area contributed by atoms with Crippen molar-refractivity contribution in [1.29, 1.82) is 0 Å². The molecule has 3 rings (SSSR count). The third-order valence-corrected chi connectivity index (χ3v) is 5.66. The number of primary amides is 1. The minimum atomic E-state index is -1.08. The Labute approximate surface area is 158 Å². The Kier molecular flexibility index (Phi) is 5.73. The Morgan fingerprint density at radius 2 is 2.04 bits per heavy atom. The monoisotopic (exact) mass is 380 g/mol. The summed E-state index contributed by atoms with van der Waals surface area (Å²) in [4.78, 5) is 26.0. The summed E-state index contributed by atoms with van der Waals surface area (Å²) in [6.45, 7) is 0.777. The van der Waals surface area contributed by atoms with Crippen LogP contribution in [0.2, 0.25) is 5.02 Å². The van der Waals surface area contributed by atoms with Gasteiger partial charge in [-0.2, -0.15) is 0 Å². The lowest BCUT2D eigenvalue weighted by molar-refractivity contribution is -0.141. The lowest BCUT2D eigenvalue weighted by Gasteiger charge is -2.40. The van der Waals surface area contributed by atoms with Gasteiger partial charge in [0.25, 0.3) is 0 Å². The number of rotatable bonds is 4. The first kappa shape index (κ1) is 19.0. The fourth-order valence-corrected chi connectivity index (χ4v) is 4.39. The van der Waals surface area contributed by atoms with E-state index in [1.54, 1.807) is 23.1 Å². The minimum Gasteiger partial charge on any atom is -0.444 e. The van der Waals surface area contributed by atoms with Crippen molar-refractivity contribution in [2.45, 2.75) is 56.1 Å². The number of nitrogens with zero attached hydrogens (tertiary/aromatic N) is 1. The molecule has 1 heterocycles. The first-order valence-electron chi connectivity index (χ1n) is 9.12. The number of benzene rings is 1.